The highest BCUT2D eigenvalue weighted by molar-refractivity contribution is 5.98. The van der Waals surface area contributed by atoms with Crippen molar-refractivity contribution in [3.8, 4) is 0 Å². The number of rotatable bonds is 5. The summed E-state index contributed by atoms with van der Waals surface area (Å²) in [5, 5.41) is 10.6. The maximum atomic E-state index is 13.0. The van der Waals surface area contributed by atoms with Gasteiger partial charge in [0, 0.05) is 11.5 Å². The molecule has 1 aliphatic rings. The molecular formula is C23H26O2. The fourth-order valence-corrected chi connectivity index (χ4v) is 3.97. The van der Waals surface area contributed by atoms with Crippen LogP contribution in [-0.4, -0.2) is 17.0 Å². The molecule has 2 heteroatoms. The summed E-state index contributed by atoms with van der Waals surface area (Å²) in [4.78, 5) is 13.0. The largest absolute Gasteiger partial charge is 0.389 e. The number of ketones is 1. The Hall–Kier alpha value is -2.19. The van der Waals surface area contributed by atoms with Crippen LogP contribution in [0.4, 0.5) is 0 Å². The third kappa shape index (κ3) is 4.26. The molecule has 0 aliphatic heterocycles. The highest BCUT2D eigenvalue weighted by Gasteiger charge is 2.36. The molecule has 0 spiro atoms. The van der Waals surface area contributed by atoms with E-state index in [-0.39, 0.29) is 17.6 Å². The summed E-state index contributed by atoms with van der Waals surface area (Å²) >= 11 is 0. The van der Waals surface area contributed by atoms with E-state index in [2.05, 4.69) is 6.07 Å². The number of aliphatic hydroxyl groups is 1. The molecule has 3 atom stereocenters. The van der Waals surface area contributed by atoms with Crippen molar-refractivity contribution in [2.75, 3.05) is 0 Å². The Labute approximate surface area is 150 Å². The lowest BCUT2D eigenvalue weighted by atomic mass is 9.84. The van der Waals surface area contributed by atoms with Crippen LogP contribution in [0.3, 0.4) is 0 Å². The zero-order valence-electron chi connectivity index (χ0n) is 15.0. The van der Waals surface area contributed by atoms with E-state index in [1.807, 2.05) is 68.5 Å². The van der Waals surface area contributed by atoms with Crippen molar-refractivity contribution in [1.29, 1.82) is 0 Å². The second-order valence-corrected chi connectivity index (χ2v) is 7.20. The zero-order valence-corrected chi connectivity index (χ0v) is 15.0. The van der Waals surface area contributed by atoms with Crippen LogP contribution in [0.15, 0.2) is 54.6 Å². The highest BCUT2D eigenvalue weighted by Crippen LogP contribution is 2.37. The van der Waals surface area contributed by atoms with E-state index in [1.54, 1.807) is 0 Å². The van der Waals surface area contributed by atoms with Crippen molar-refractivity contribution in [3.63, 3.8) is 0 Å². The van der Waals surface area contributed by atoms with Gasteiger partial charge in [0.2, 0.25) is 0 Å². The summed E-state index contributed by atoms with van der Waals surface area (Å²) in [6, 6.07) is 16.0. The van der Waals surface area contributed by atoms with Gasteiger partial charge in [0.05, 0.1) is 6.10 Å². The summed E-state index contributed by atoms with van der Waals surface area (Å²) in [5.74, 6) is 0.103. The average Bonchev–Trinajstić information content (AvgIpc) is 3.09. The van der Waals surface area contributed by atoms with Crippen molar-refractivity contribution in [2.45, 2.75) is 39.2 Å². The standard InChI is InChI=1S/C23H26O2/c1-16-13-17(2)15-19(14-16)23(25)21-10-6-9-20(21)22(24)12-11-18-7-4-3-5-8-18/h3-5,7-8,11-15,20-22,24H,6,9-10H2,1-2H3/b12-11+/t20-,21-,22+/m0/s1. The molecule has 0 saturated heterocycles. The van der Waals surface area contributed by atoms with Gasteiger partial charge in [-0.1, -0.05) is 66.1 Å². The van der Waals surface area contributed by atoms with E-state index in [0.717, 1.165) is 41.5 Å². The Morgan fingerprint density at radius 1 is 1.08 bits per heavy atom. The predicted octanol–water partition coefficient (Wildman–Crippen LogP) is 4.98. The number of Topliss-reactive ketones (excluding diaryl/α,β-unsaturated/α-hetero) is 1. The summed E-state index contributed by atoms with van der Waals surface area (Å²) in [7, 11) is 0. The van der Waals surface area contributed by atoms with E-state index >= 15 is 0 Å². The van der Waals surface area contributed by atoms with Crippen LogP contribution >= 0.6 is 0 Å². The number of carbonyl (C=O) groups is 1. The number of aryl methyl sites for hydroxylation is 2. The molecule has 2 aromatic carbocycles. The second kappa shape index (κ2) is 7.79. The number of carbonyl (C=O) groups excluding carboxylic acids is 1. The molecular weight excluding hydrogens is 308 g/mol. The van der Waals surface area contributed by atoms with Gasteiger partial charge in [-0.25, -0.2) is 0 Å². The number of aliphatic hydroxyl groups excluding tert-OH is 1. The Morgan fingerprint density at radius 2 is 1.76 bits per heavy atom. The number of hydrogen-bond acceptors (Lipinski definition) is 2. The van der Waals surface area contributed by atoms with Crippen molar-refractivity contribution < 1.29 is 9.90 Å². The fourth-order valence-electron chi connectivity index (χ4n) is 3.97. The number of hydrogen-bond donors (Lipinski definition) is 1. The Morgan fingerprint density at radius 3 is 2.44 bits per heavy atom. The maximum Gasteiger partial charge on any atom is 0.166 e. The minimum atomic E-state index is -0.581. The Kier molecular flexibility index (Phi) is 5.50. The zero-order chi connectivity index (χ0) is 17.8. The van der Waals surface area contributed by atoms with Gasteiger partial charge in [0.1, 0.15) is 0 Å². The third-order valence-corrected chi connectivity index (χ3v) is 5.14. The van der Waals surface area contributed by atoms with Gasteiger partial charge in [-0.05, 0) is 50.3 Å². The van der Waals surface area contributed by atoms with Crippen LogP contribution in [0.25, 0.3) is 6.08 Å². The molecule has 0 bridgehead atoms. The third-order valence-electron chi connectivity index (χ3n) is 5.14. The Balaban J connectivity index is 1.75. The van der Waals surface area contributed by atoms with Crippen molar-refractivity contribution in [2.24, 2.45) is 11.8 Å². The van der Waals surface area contributed by atoms with E-state index in [9.17, 15) is 9.90 Å². The van der Waals surface area contributed by atoms with Gasteiger partial charge in [-0.15, -0.1) is 0 Å². The SMILES string of the molecule is Cc1cc(C)cc(C(=O)[C@H]2CCC[C@@H]2[C@H](O)/C=C/c2ccccc2)c1. The molecule has 0 amide bonds. The molecule has 1 N–H and O–H groups in total. The first-order chi connectivity index (χ1) is 12.0. The molecule has 0 unspecified atom stereocenters. The summed E-state index contributed by atoms with van der Waals surface area (Å²) in [5.41, 5.74) is 4.08. The van der Waals surface area contributed by atoms with Crippen LogP contribution in [0.5, 0.6) is 0 Å². The molecule has 25 heavy (non-hydrogen) atoms. The van der Waals surface area contributed by atoms with Crippen LogP contribution in [0.1, 0.15) is 46.3 Å². The maximum absolute atomic E-state index is 13.0. The van der Waals surface area contributed by atoms with Crippen molar-refractivity contribution in [3.05, 3.63) is 76.9 Å². The first-order valence-electron chi connectivity index (χ1n) is 9.08. The van der Waals surface area contributed by atoms with Crippen LogP contribution in [0.2, 0.25) is 0 Å². The lowest BCUT2D eigenvalue weighted by molar-refractivity contribution is 0.0778. The average molecular weight is 334 g/mol. The smallest absolute Gasteiger partial charge is 0.166 e. The Bertz CT molecular complexity index is 741. The first kappa shape index (κ1) is 17.6. The lowest BCUT2D eigenvalue weighted by Gasteiger charge is -2.22. The van der Waals surface area contributed by atoms with Crippen LogP contribution < -0.4 is 0 Å². The monoisotopic (exact) mass is 334 g/mol. The van der Waals surface area contributed by atoms with Gasteiger partial charge in [0.25, 0.3) is 0 Å². The van der Waals surface area contributed by atoms with E-state index in [0.29, 0.717) is 0 Å². The normalized spacial score (nSPS) is 21.6. The predicted molar refractivity (Wildman–Crippen MR) is 103 cm³/mol. The molecule has 0 radical (unpaired) electrons. The molecule has 1 fully saturated rings. The van der Waals surface area contributed by atoms with Crippen LogP contribution in [-0.2, 0) is 0 Å². The fraction of sp³-hybridized carbons (Fsp3) is 0.348. The van der Waals surface area contributed by atoms with Gasteiger partial charge in [-0.2, -0.15) is 0 Å². The van der Waals surface area contributed by atoms with Gasteiger partial charge in [0.15, 0.2) is 5.78 Å². The van der Waals surface area contributed by atoms with E-state index < -0.39 is 6.10 Å². The molecule has 0 heterocycles. The molecule has 2 nitrogen and oxygen atoms in total. The molecule has 1 aliphatic carbocycles. The highest BCUT2D eigenvalue weighted by atomic mass is 16.3. The lowest BCUT2D eigenvalue weighted by Crippen LogP contribution is -2.28. The topological polar surface area (TPSA) is 37.3 Å². The minimum Gasteiger partial charge on any atom is -0.389 e. The molecule has 0 aromatic heterocycles. The molecule has 2 aromatic rings. The van der Waals surface area contributed by atoms with Gasteiger partial charge in [-0.3, -0.25) is 4.79 Å². The van der Waals surface area contributed by atoms with Crippen molar-refractivity contribution >= 4 is 11.9 Å². The summed E-state index contributed by atoms with van der Waals surface area (Å²) < 4.78 is 0. The van der Waals surface area contributed by atoms with E-state index in [1.165, 1.54) is 0 Å². The second-order valence-electron chi connectivity index (χ2n) is 7.20. The van der Waals surface area contributed by atoms with E-state index in [4.69, 9.17) is 0 Å². The molecule has 130 valence electrons. The molecule has 1 saturated carbocycles. The quantitative estimate of drug-likeness (QED) is 0.783. The van der Waals surface area contributed by atoms with Crippen LogP contribution in [0, 0.1) is 25.7 Å². The van der Waals surface area contributed by atoms with Crippen molar-refractivity contribution in [1.82, 2.24) is 0 Å². The summed E-state index contributed by atoms with van der Waals surface area (Å²) in [6.07, 6.45) is 5.98. The molecule has 3 rings (SSSR count). The number of benzene rings is 2. The van der Waals surface area contributed by atoms with Gasteiger partial charge >= 0.3 is 0 Å². The summed E-state index contributed by atoms with van der Waals surface area (Å²) in [6.45, 7) is 4.04. The minimum absolute atomic E-state index is 0.00767. The van der Waals surface area contributed by atoms with Gasteiger partial charge < -0.3 is 5.11 Å². The first-order valence-corrected chi connectivity index (χ1v) is 9.08.